The summed E-state index contributed by atoms with van der Waals surface area (Å²) in [5, 5.41) is 10.8. The molecule has 0 saturated heterocycles. The highest BCUT2D eigenvalue weighted by molar-refractivity contribution is 7.99. The summed E-state index contributed by atoms with van der Waals surface area (Å²) in [5.74, 6) is 2.10. The molecule has 0 aliphatic rings. The van der Waals surface area contributed by atoms with E-state index in [1.165, 1.54) is 12.1 Å². The summed E-state index contributed by atoms with van der Waals surface area (Å²) >= 11 is 1.68. The van der Waals surface area contributed by atoms with E-state index in [0.717, 1.165) is 45.3 Å². The van der Waals surface area contributed by atoms with Crippen LogP contribution in [0.4, 0.5) is 4.39 Å². The number of benzene rings is 2. The van der Waals surface area contributed by atoms with E-state index in [1.807, 2.05) is 29.0 Å². The number of fused-ring (bicyclic) bond motifs is 1. The van der Waals surface area contributed by atoms with Crippen LogP contribution in [0.25, 0.3) is 28.0 Å². The molecule has 2 heterocycles. The molecule has 0 amide bonds. The van der Waals surface area contributed by atoms with Crippen molar-refractivity contribution in [2.75, 3.05) is 5.75 Å². The molecular formula is C21H21FN4S. The molecule has 0 aliphatic heterocycles. The summed E-state index contributed by atoms with van der Waals surface area (Å²) < 4.78 is 15.5. The second-order valence-corrected chi connectivity index (χ2v) is 7.96. The molecule has 4 rings (SSSR count). The van der Waals surface area contributed by atoms with Crippen molar-refractivity contribution >= 4 is 22.7 Å². The summed E-state index contributed by atoms with van der Waals surface area (Å²) in [7, 11) is 0. The van der Waals surface area contributed by atoms with Crippen LogP contribution in [-0.2, 0) is 0 Å². The first-order valence-electron chi connectivity index (χ1n) is 9.04. The second-order valence-electron chi connectivity index (χ2n) is 6.90. The molecule has 6 heteroatoms. The van der Waals surface area contributed by atoms with Gasteiger partial charge in [0.05, 0.1) is 0 Å². The Morgan fingerprint density at radius 3 is 2.63 bits per heavy atom. The lowest BCUT2D eigenvalue weighted by Gasteiger charge is -2.10. The molecule has 0 spiro atoms. The van der Waals surface area contributed by atoms with Crippen molar-refractivity contribution in [3.8, 4) is 17.1 Å². The lowest BCUT2D eigenvalue weighted by atomic mass is 10.1. The minimum Gasteiger partial charge on any atom is -0.360 e. The number of nitrogens with one attached hydrogen (secondary N) is 1. The van der Waals surface area contributed by atoms with Gasteiger partial charge in [-0.15, -0.1) is 10.2 Å². The van der Waals surface area contributed by atoms with E-state index in [-0.39, 0.29) is 5.82 Å². The van der Waals surface area contributed by atoms with Gasteiger partial charge in [0, 0.05) is 34.1 Å². The van der Waals surface area contributed by atoms with Gasteiger partial charge in [0.1, 0.15) is 5.82 Å². The lowest BCUT2D eigenvalue weighted by Crippen LogP contribution is -2.00. The molecule has 0 saturated carbocycles. The third-order valence-corrected chi connectivity index (χ3v) is 5.44. The molecule has 4 aromatic rings. The van der Waals surface area contributed by atoms with E-state index < -0.39 is 0 Å². The SMILES string of the molecule is CC(C)CCSc1nnc(-c2c[nH]c3ccccc23)n1-c1ccc(F)cc1. The van der Waals surface area contributed by atoms with E-state index in [4.69, 9.17) is 0 Å². The Balaban J connectivity index is 1.81. The zero-order valence-corrected chi connectivity index (χ0v) is 16.1. The minimum atomic E-state index is -0.255. The van der Waals surface area contributed by atoms with E-state index in [1.54, 1.807) is 23.9 Å². The molecule has 0 atom stereocenters. The Labute approximate surface area is 161 Å². The van der Waals surface area contributed by atoms with Gasteiger partial charge in [-0.1, -0.05) is 43.8 Å². The maximum atomic E-state index is 13.5. The number of aromatic nitrogens is 4. The van der Waals surface area contributed by atoms with E-state index in [0.29, 0.717) is 5.92 Å². The molecule has 4 nitrogen and oxygen atoms in total. The fourth-order valence-corrected chi connectivity index (χ4v) is 4.19. The number of rotatable bonds is 6. The predicted molar refractivity (Wildman–Crippen MR) is 109 cm³/mol. The fraction of sp³-hybridized carbons (Fsp3) is 0.238. The highest BCUT2D eigenvalue weighted by Crippen LogP contribution is 2.32. The smallest absolute Gasteiger partial charge is 0.196 e. The van der Waals surface area contributed by atoms with Gasteiger partial charge in [-0.05, 0) is 42.7 Å². The quantitative estimate of drug-likeness (QED) is 0.437. The summed E-state index contributed by atoms with van der Waals surface area (Å²) in [5.41, 5.74) is 2.89. The van der Waals surface area contributed by atoms with Crippen LogP contribution >= 0.6 is 11.8 Å². The average molecular weight is 380 g/mol. The molecule has 138 valence electrons. The Kier molecular flexibility index (Phi) is 4.99. The molecule has 27 heavy (non-hydrogen) atoms. The molecule has 0 aliphatic carbocycles. The third kappa shape index (κ3) is 3.62. The topological polar surface area (TPSA) is 46.5 Å². The molecule has 1 N–H and O–H groups in total. The molecule has 0 unspecified atom stereocenters. The van der Waals surface area contributed by atoms with E-state index >= 15 is 0 Å². The first-order valence-corrected chi connectivity index (χ1v) is 10.0. The van der Waals surface area contributed by atoms with Gasteiger partial charge in [-0.25, -0.2) is 4.39 Å². The Morgan fingerprint density at radius 2 is 1.85 bits per heavy atom. The Hall–Kier alpha value is -2.60. The molecule has 0 bridgehead atoms. The number of aromatic amines is 1. The Morgan fingerprint density at radius 1 is 1.07 bits per heavy atom. The molecular weight excluding hydrogens is 359 g/mol. The largest absolute Gasteiger partial charge is 0.360 e. The van der Waals surface area contributed by atoms with Crippen LogP contribution in [0.2, 0.25) is 0 Å². The number of nitrogens with zero attached hydrogens (tertiary/aromatic N) is 3. The van der Waals surface area contributed by atoms with Crippen LogP contribution in [0, 0.1) is 11.7 Å². The summed E-state index contributed by atoms with van der Waals surface area (Å²) in [6.45, 7) is 4.42. The highest BCUT2D eigenvalue weighted by Gasteiger charge is 2.19. The number of halogens is 1. The van der Waals surface area contributed by atoms with Crippen LogP contribution < -0.4 is 0 Å². The van der Waals surface area contributed by atoms with Crippen LogP contribution in [0.1, 0.15) is 20.3 Å². The predicted octanol–water partition coefficient (Wildman–Crippen LogP) is 5.69. The third-order valence-electron chi connectivity index (χ3n) is 4.47. The van der Waals surface area contributed by atoms with Crippen molar-refractivity contribution in [2.45, 2.75) is 25.4 Å². The van der Waals surface area contributed by atoms with Crippen LogP contribution in [0.15, 0.2) is 59.9 Å². The average Bonchev–Trinajstić information content (AvgIpc) is 3.26. The maximum Gasteiger partial charge on any atom is 0.196 e. The van der Waals surface area contributed by atoms with Gasteiger partial charge in [0.15, 0.2) is 11.0 Å². The number of thioether (sulfide) groups is 1. The van der Waals surface area contributed by atoms with Crippen molar-refractivity contribution < 1.29 is 4.39 Å². The number of H-pyrrole nitrogens is 1. The highest BCUT2D eigenvalue weighted by atomic mass is 32.2. The monoisotopic (exact) mass is 380 g/mol. The second kappa shape index (κ2) is 7.56. The lowest BCUT2D eigenvalue weighted by molar-refractivity contribution is 0.627. The van der Waals surface area contributed by atoms with Crippen LogP contribution in [-0.4, -0.2) is 25.5 Å². The minimum absolute atomic E-state index is 0.255. The number of hydrogen-bond acceptors (Lipinski definition) is 3. The summed E-state index contributed by atoms with van der Waals surface area (Å²) in [6.07, 6.45) is 3.06. The Bertz CT molecular complexity index is 1050. The zero-order chi connectivity index (χ0) is 18.8. The van der Waals surface area contributed by atoms with Gasteiger partial charge in [0.2, 0.25) is 0 Å². The van der Waals surface area contributed by atoms with Crippen molar-refractivity contribution in [1.29, 1.82) is 0 Å². The first kappa shape index (κ1) is 17.8. The normalized spacial score (nSPS) is 11.6. The standard InChI is InChI=1S/C21H21FN4S/c1-14(2)11-12-27-21-25-24-20(26(21)16-9-7-15(22)8-10-16)18-13-23-19-6-4-3-5-17(18)19/h3-10,13-14,23H,11-12H2,1-2H3. The first-order chi connectivity index (χ1) is 13.1. The van der Waals surface area contributed by atoms with Crippen molar-refractivity contribution in [3.63, 3.8) is 0 Å². The molecule has 2 aromatic carbocycles. The maximum absolute atomic E-state index is 13.5. The molecule has 0 radical (unpaired) electrons. The van der Waals surface area contributed by atoms with Gasteiger partial charge < -0.3 is 4.98 Å². The van der Waals surface area contributed by atoms with E-state index in [9.17, 15) is 4.39 Å². The van der Waals surface area contributed by atoms with Crippen molar-refractivity contribution in [1.82, 2.24) is 19.7 Å². The van der Waals surface area contributed by atoms with Crippen LogP contribution in [0.3, 0.4) is 0 Å². The number of para-hydroxylation sites is 1. The number of hydrogen-bond donors (Lipinski definition) is 1. The van der Waals surface area contributed by atoms with Gasteiger partial charge in [0.25, 0.3) is 0 Å². The van der Waals surface area contributed by atoms with E-state index in [2.05, 4.69) is 35.1 Å². The fourth-order valence-electron chi connectivity index (χ4n) is 3.00. The van der Waals surface area contributed by atoms with Gasteiger partial charge >= 0.3 is 0 Å². The summed E-state index contributed by atoms with van der Waals surface area (Å²) in [6, 6.07) is 14.6. The van der Waals surface area contributed by atoms with Crippen molar-refractivity contribution in [3.05, 3.63) is 60.5 Å². The summed E-state index contributed by atoms with van der Waals surface area (Å²) in [4.78, 5) is 3.29. The molecule has 2 aromatic heterocycles. The van der Waals surface area contributed by atoms with Crippen molar-refractivity contribution in [2.24, 2.45) is 5.92 Å². The van der Waals surface area contributed by atoms with Gasteiger partial charge in [-0.2, -0.15) is 0 Å². The van der Waals surface area contributed by atoms with Crippen LogP contribution in [0.5, 0.6) is 0 Å². The molecule has 0 fully saturated rings. The van der Waals surface area contributed by atoms with Gasteiger partial charge in [-0.3, -0.25) is 4.57 Å². The zero-order valence-electron chi connectivity index (χ0n) is 15.3.